The molecule has 0 amide bonds. The minimum Gasteiger partial charge on any atom is -0.385 e. The summed E-state index contributed by atoms with van der Waals surface area (Å²) in [6.45, 7) is 5.49. The summed E-state index contributed by atoms with van der Waals surface area (Å²) in [5, 5.41) is 3.43. The Bertz CT molecular complexity index is 348. The Balaban J connectivity index is 1.74. The molecule has 0 radical (unpaired) electrons. The number of nitrogens with zero attached hydrogens (tertiary/aromatic N) is 1. The predicted molar refractivity (Wildman–Crippen MR) is 79.1 cm³/mol. The lowest BCUT2D eigenvalue weighted by molar-refractivity contribution is 0.122. The van der Waals surface area contributed by atoms with E-state index in [9.17, 15) is 0 Å². The van der Waals surface area contributed by atoms with E-state index in [1.807, 2.05) is 0 Å². The lowest BCUT2D eigenvalue weighted by Gasteiger charge is -2.28. The van der Waals surface area contributed by atoms with Gasteiger partial charge < -0.3 is 19.7 Å². The Morgan fingerprint density at radius 1 is 1.16 bits per heavy atom. The number of rotatable bonds is 7. The number of unbranched alkanes of at least 4 members (excludes halogenated alkanes) is 1. The van der Waals surface area contributed by atoms with E-state index in [0.29, 0.717) is 0 Å². The molecule has 1 N–H and O–H groups in total. The van der Waals surface area contributed by atoms with Crippen molar-refractivity contribution < 1.29 is 9.47 Å². The maximum Gasteiger partial charge on any atom is 0.0642 e. The number of ether oxygens (including phenoxy) is 2. The number of anilines is 2. The summed E-state index contributed by atoms with van der Waals surface area (Å²) in [5.74, 6) is 0. The second kappa shape index (κ2) is 8.02. The van der Waals surface area contributed by atoms with Gasteiger partial charge in [-0.2, -0.15) is 0 Å². The van der Waals surface area contributed by atoms with E-state index in [1.165, 1.54) is 11.4 Å². The van der Waals surface area contributed by atoms with E-state index in [0.717, 1.165) is 52.3 Å². The lowest BCUT2D eigenvalue weighted by Crippen LogP contribution is -2.36. The molecule has 4 nitrogen and oxygen atoms in total. The minimum atomic E-state index is 0.833. The zero-order valence-electron chi connectivity index (χ0n) is 11.7. The monoisotopic (exact) mass is 264 g/mol. The van der Waals surface area contributed by atoms with Gasteiger partial charge in [-0.05, 0) is 37.1 Å². The highest BCUT2D eigenvalue weighted by Crippen LogP contribution is 2.18. The third kappa shape index (κ3) is 4.73. The fraction of sp³-hybridized carbons (Fsp3) is 0.600. The van der Waals surface area contributed by atoms with Gasteiger partial charge in [-0.25, -0.2) is 0 Å². The molecule has 1 aromatic carbocycles. The molecule has 19 heavy (non-hydrogen) atoms. The molecular weight excluding hydrogens is 240 g/mol. The normalized spacial score (nSPS) is 15.5. The van der Waals surface area contributed by atoms with Gasteiger partial charge in [0.15, 0.2) is 0 Å². The first-order chi connectivity index (χ1) is 9.40. The smallest absolute Gasteiger partial charge is 0.0642 e. The number of morpholine rings is 1. The fourth-order valence-corrected chi connectivity index (χ4v) is 2.22. The highest BCUT2D eigenvalue weighted by atomic mass is 16.5. The average molecular weight is 264 g/mol. The van der Waals surface area contributed by atoms with Crippen molar-refractivity contribution in [3.63, 3.8) is 0 Å². The lowest BCUT2D eigenvalue weighted by atomic mass is 10.2. The summed E-state index contributed by atoms with van der Waals surface area (Å²) in [4.78, 5) is 2.37. The van der Waals surface area contributed by atoms with Crippen LogP contribution >= 0.6 is 0 Å². The Labute approximate surface area is 115 Å². The van der Waals surface area contributed by atoms with Crippen LogP contribution in [0, 0.1) is 0 Å². The second-order valence-corrected chi connectivity index (χ2v) is 4.77. The first-order valence-corrected chi connectivity index (χ1v) is 7.06. The summed E-state index contributed by atoms with van der Waals surface area (Å²) in [7, 11) is 1.75. The van der Waals surface area contributed by atoms with Crippen LogP contribution in [0.5, 0.6) is 0 Å². The molecule has 0 unspecified atom stereocenters. The molecule has 1 aliphatic heterocycles. The molecule has 0 aromatic heterocycles. The Morgan fingerprint density at radius 2 is 1.89 bits per heavy atom. The molecule has 1 aliphatic rings. The number of hydrogen-bond acceptors (Lipinski definition) is 4. The van der Waals surface area contributed by atoms with Crippen LogP contribution in [0.4, 0.5) is 11.4 Å². The van der Waals surface area contributed by atoms with Gasteiger partial charge in [-0.3, -0.25) is 0 Å². The molecule has 2 rings (SSSR count). The largest absolute Gasteiger partial charge is 0.385 e. The maximum absolute atomic E-state index is 5.37. The third-order valence-electron chi connectivity index (χ3n) is 3.35. The third-order valence-corrected chi connectivity index (χ3v) is 3.35. The van der Waals surface area contributed by atoms with E-state index in [-0.39, 0.29) is 0 Å². The van der Waals surface area contributed by atoms with Crippen LogP contribution in [0.1, 0.15) is 12.8 Å². The van der Waals surface area contributed by atoms with Crippen LogP contribution in [-0.2, 0) is 9.47 Å². The average Bonchev–Trinajstić information content (AvgIpc) is 2.49. The van der Waals surface area contributed by atoms with Gasteiger partial charge in [-0.15, -0.1) is 0 Å². The number of methoxy groups -OCH3 is 1. The molecule has 0 spiro atoms. The van der Waals surface area contributed by atoms with Crippen molar-refractivity contribution in [2.75, 3.05) is 56.8 Å². The quantitative estimate of drug-likeness (QED) is 0.767. The number of benzene rings is 1. The Morgan fingerprint density at radius 3 is 2.58 bits per heavy atom. The standard InChI is InChI=1S/C15H24N2O2/c1-18-11-3-2-8-16-14-4-6-15(7-5-14)17-9-12-19-13-10-17/h4-7,16H,2-3,8-13H2,1H3. The van der Waals surface area contributed by atoms with Crippen LogP contribution < -0.4 is 10.2 Å². The van der Waals surface area contributed by atoms with Crippen molar-refractivity contribution in [2.24, 2.45) is 0 Å². The van der Waals surface area contributed by atoms with Crippen molar-refractivity contribution in [3.8, 4) is 0 Å². The van der Waals surface area contributed by atoms with Crippen LogP contribution in [0.25, 0.3) is 0 Å². The van der Waals surface area contributed by atoms with Crippen molar-refractivity contribution >= 4 is 11.4 Å². The molecule has 1 saturated heterocycles. The molecule has 0 atom stereocenters. The second-order valence-electron chi connectivity index (χ2n) is 4.77. The summed E-state index contributed by atoms with van der Waals surface area (Å²) in [6, 6.07) is 8.67. The van der Waals surface area contributed by atoms with Gasteiger partial charge in [0.25, 0.3) is 0 Å². The predicted octanol–water partition coefficient (Wildman–Crippen LogP) is 2.36. The molecule has 1 aromatic rings. The Kier molecular flexibility index (Phi) is 5.98. The topological polar surface area (TPSA) is 33.7 Å². The minimum absolute atomic E-state index is 0.833. The highest BCUT2D eigenvalue weighted by molar-refractivity contribution is 5.55. The van der Waals surface area contributed by atoms with Crippen molar-refractivity contribution in [1.82, 2.24) is 0 Å². The van der Waals surface area contributed by atoms with Crippen LogP contribution in [0.3, 0.4) is 0 Å². The summed E-state index contributed by atoms with van der Waals surface area (Å²) in [6.07, 6.45) is 2.24. The highest BCUT2D eigenvalue weighted by Gasteiger charge is 2.10. The van der Waals surface area contributed by atoms with Gasteiger partial charge in [0.05, 0.1) is 13.2 Å². The molecule has 106 valence electrons. The van der Waals surface area contributed by atoms with Gasteiger partial charge in [0.1, 0.15) is 0 Å². The van der Waals surface area contributed by atoms with Gasteiger partial charge in [0, 0.05) is 44.7 Å². The molecule has 0 saturated carbocycles. The summed E-state index contributed by atoms with van der Waals surface area (Å²) < 4.78 is 10.4. The molecule has 1 heterocycles. The first-order valence-electron chi connectivity index (χ1n) is 7.06. The van der Waals surface area contributed by atoms with Crippen molar-refractivity contribution in [3.05, 3.63) is 24.3 Å². The zero-order valence-corrected chi connectivity index (χ0v) is 11.7. The molecular formula is C15H24N2O2. The van der Waals surface area contributed by atoms with E-state index in [4.69, 9.17) is 9.47 Å². The van der Waals surface area contributed by atoms with E-state index in [2.05, 4.69) is 34.5 Å². The molecule has 0 aliphatic carbocycles. The van der Waals surface area contributed by atoms with E-state index < -0.39 is 0 Å². The summed E-state index contributed by atoms with van der Waals surface area (Å²) >= 11 is 0. The van der Waals surface area contributed by atoms with Crippen LogP contribution in [0.15, 0.2) is 24.3 Å². The maximum atomic E-state index is 5.37. The van der Waals surface area contributed by atoms with E-state index in [1.54, 1.807) is 7.11 Å². The van der Waals surface area contributed by atoms with Crippen molar-refractivity contribution in [2.45, 2.75) is 12.8 Å². The van der Waals surface area contributed by atoms with Gasteiger partial charge >= 0.3 is 0 Å². The van der Waals surface area contributed by atoms with Crippen LogP contribution in [-0.4, -0.2) is 46.6 Å². The number of hydrogen-bond donors (Lipinski definition) is 1. The SMILES string of the molecule is COCCCCNc1ccc(N2CCOCC2)cc1. The molecule has 4 heteroatoms. The van der Waals surface area contributed by atoms with E-state index >= 15 is 0 Å². The zero-order chi connectivity index (χ0) is 13.3. The summed E-state index contributed by atoms with van der Waals surface area (Å²) in [5.41, 5.74) is 2.47. The fourth-order valence-electron chi connectivity index (χ4n) is 2.22. The van der Waals surface area contributed by atoms with Crippen LogP contribution in [0.2, 0.25) is 0 Å². The number of nitrogens with one attached hydrogen (secondary N) is 1. The molecule has 1 fully saturated rings. The first kappa shape index (κ1) is 14.2. The molecule has 0 bridgehead atoms. The van der Waals surface area contributed by atoms with Gasteiger partial charge in [-0.1, -0.05) is 0 Å². The van der Waals surface area contributed by atoms with Gasteiger partial charge in [0.2, 0.25) is 0 Å². The van der Waals surface area contributed by atoms with Crippen molar-refractivity contribution in [1.29, 1.82) is 0 Å². The Hall–Kier alpha value is -1.26.